The SMILES string of the molecule is Cc1ccc(C2Nc3ccccc3NC3=C2C(=O)NC3)c(C)c1. The van der Waals surface area contributed by atoms with E-state index in [1.807, 2.05) is 24.3 Å². The molecule has 4 heteroatoms. The van der Waals surface area contributed by atoms with Crippen LogP contribution in [0.5, 0.6) is 0 Å². The van der Waals surface area contributed by atoms with Gasteiger partial charge in [0.2, 0.25) is 0 Å². The van der Waals surface area contributed by atoms with E-state index in [2.05, 4.69) is 48.0 Å². The van der Waals surface area contributed by atoms with E-state index in [-0.39, 0.29) is 11.9 Å². The van der Waals surface area contributed by atoms with Crippen LogP contribution in [0.2, 0.25) is 0 Å². The lowest BCUT2D eigenvalue weighted by atomic mass is 9.93. The average molecular weight is 305 g/mol. The minimum atomic E-state index is -0.149. The van der Waals surface area contributed by atoms with E-state index in [1.54, 1.807) is 0 Å². The first-order valence-electron chi connectivity index (χ1n) is 7.84. The van der Waals surface area contributed by atoms with Gasteiger partial charge in [-0.25, -0.2) is 0 Å². The molecule has 0 aliphatic carbocycles. The molecule has 4 rings (SSSR count). The summed E-state index contributed by atoms with van der Waals surface area (Å²) in [4.78, 5) is 12.4. The van der Waals surface area contributed by atoms with Gasteiger partial charge >= 0.3 is 0 Å². The van der Waals surface area contributed by atoms with Crippen molar-refractivity contribution in [3.8, 4) is 0 Å². The van der Waals surface area contributed by atoms with Gasteiger partial charge in [-0.15, -0.1) is 0 Å². The molecule has 0 fully saturated rings. The van der Waals surface area contributed by atoms with Crippen LogP contribution in [-0.4, -0.2) is 12.5 Å². The zero-order valence-corrected chi connectivity index (χ0v) is 13.2. The summed E-state index contributed by atoms with van der Waals surface area (Å²) in [6, 6.07) is 14.3. The van der Waals surface area contributed by atoms with Crippen molar-refractivity contribution in [2.24, 2.45) is 0 Å². The zero-order chi connectivity index (χ0) is 16.0. The lowest BCUT2D eigenvalue weighted by Crippen LogP contribution is -2.24. The fraction of sp³-hybridized carbons (Fsp3) is 0.211. The van der Waals surface area contributed by atoms with Crippen molar-refractivity contribution >= 4 is 17.3 Å². The van der Waals surface area contributed by atoms with Crippen LogP contribution in [0.3, 0.4) is 0 Å². The molecule has 0 aromatic heterocycles. The van der Waals surface area contributed by atoms with Crippen molar-refractivity contribution in [3.63, 3.8) is 0 Å². The molecule has 0 bridgehead atoms. The third kappa shape index (κ3) is 2.27. The summed E-state index contributed by atoms with van der Waals surface area (Å²) in [6.07, 6.45) is 0. The van der Waals surface area contributed by atoms with Crippen LogP contribution in [0.25, 0.3) is 0 Å². The van der Waals surface area contributed by atoms with Gasteiger partial charge < -0.3 is 16.0 Å². The number of amides is 1. The molecule has 2 aliphatic heterocycles. The second-order valence-electron chi connectivity index (χ2n) is 6.18. The van der Waals surface area contributed by atoms with Gasteiger partial charge in [-0.05, 0) is 37.1 Å². The Labute approximate surface area is 135 Å². The topological polar surface area (TPSA) is 53.2 Å². The number of carbonyl (C=O) groups excluding carboxylic acids is 1. The first-order valence-corrected chi connectivity index (χ1v) is 7.84. The Morgan fingerprint density at radius 2 is 1.83 bits per heavy atom. The summed E-state index contributed by atoms with van der Waals surface area (Å²) in [7, 11) is 0. The van der Waals surface area contributed by atoms with Gasteiger partial charge in [-0.3, -0.25) is 4.79 Å². The summed E-state index contributed by atoms with van der Waals surface area (Å²) in [5.74, 6) is -0.00205. The molecule has 0 radical (unpaired) electrons. The summed E-state index contributed by atoms with van der Waals surface area (Å²) in [6.45, 7) is 4.73. The van der Waals surface area contributed by atoms with E-state index in [9.17, 15) is 4.79 Å². The van der Waals surface area contributed by atoms with E-state index in [0.717, 1.165) is 28.2 Å². The Morgan fingerprint density at radius 3 is 2.61 bits per heavy atom. The third-order valence-electron chi connectivity index (χ3n) is 4.53. The summed E-state index contributed by atoms with van der Waals surface area (Å²) in [5.41, 5.74) is 7.31. The highest BCUT2D eigenvalue weighted by Gasteiger charge is 2.34. The predicted octanol–water partition coefficient (Wildman–Crippen LogP) is 3.27. The minimum absolute atomic E-state index is 0.00205. The molecular weight excluding hydrogens is 286 g/mol. The van der Waals surface area contributed by atoms with Crippen LogP contribution in [0.4, 0.5) is 11.4 Å². The first-order chi connectivity index (χ1) is 11.1. The maximum atomic E-state index is 12.4. The quantitative estimate of drug-likeness (QED) is 0.758. The van der Waals surface area contributed by atoms with Gasteiger partial charge in [0.1, 0.15) is 0 Å². The standard InChI is InChI=1S/C19H19N3O/c1-11-7-8-13(12(2)9-11)18-17-16(10-20-19(17)23)21-14-5-3-4-6-15(14)22-18/h3-9,18,21-22H,10H2,1-2H3,(H,20,23). The molecule has 4 nitrogen and oxygen atoms in total. The summed E-state index contributed by atoms with van der Waals surface area (Å²) in [5, 5.41) is 9.91. The van der Waals surface area contributed by atoms with Crippen LogP contribution < -0.4 is 16.0 Å². The lowest BCUT2D eigenvalue weighted by Gasteiger charge is -2.22. The van der Waals surface area contributed by atoms with Gasteiger partial charge in [0, 0.05) is 5.70 Å². The molecule has 116 valence electrons. The third-order valence-corrected chi connectivity index (χ3v) is 4.53. The van der Waals surface area contributed by atoms with Gasteiger partial charge in [0.05, 0.1) is 29.5 Å². The average Bonchev–Trinajstić information content (AvgIpc) is 2.79. The molecule has 1 amide bonds. The van der Waals surface area contributed by atoms with Crippen LogP contribution in [0.15, 0.2) is 53.7 Å². The second-order valence-corrected chi connectivity index (χ2v) is 6.18. The largest absolute Gasteiger partial charge is 0.372 e. The van der Waals surface area contributed by atoms with Gasteiger partial charge in [0.15, 0.2) is 0 Å². The monoisotopic (exact) mass is 305 g/mol. The van der Waals surface area contributed by atoms with Gasteiger partial charge in [-0.1, -0.05) is 35.9 Å². The van der Waals surface area contributed by atoms with Crippen molar-refractivity contribution in [2.75, 3.05) is 17.2 Å². The highest BCUT2D eigenvalue weighted by molar-refractivity contribution is 6.01. The van der Waals surface area contributed by atoms with Gasteiger partial charge in [-0.2, -0.15) is 0 Å². The van der Waals surface area contributed by atoms with Crippen molar-refractivity contribution < 1.29 is 4.79 Å². The number of para-hydroxylation sites is 2. The molecule has 0 spiro atoms. The molecule has 0 saturated heterocycles. The Morgan fingerprint density at radius 1 is 1.04 bits per heavy atom. The number of anilines is 2. The number of carbonyl (C=O) groups is 1. The Hall–Kier alpha value is -2.75. The van der Waals surface area contributed by atoms with Crippen molar-refractivity contribution in [1.82, 2.24) is 5.32 Å². The predicted molar refractivity (Wildman–Crippen MR) is 92.4 cm³/mol. The fourth-order valence-corrected chi connectivity index (χ4v) is 3.40. The summed E-state index contributed by atoms with van der Waals surface area (Å²) < 4.78 is 0. The Balaban J connectivity index is 1.89. The smallest absolute Gasteiger partial charge is 0.251 e. The number of rotatable bonds is 1. The van der Waals surface area contributed by atoms with Crippen molar-refractivity contribution in [1.29, 1.82) is 0 Å². The van der Waals surface area contributed by atoms with Crippen molar-refractivity contribution in [3.05, 3.63) is 70.4 Å². The number of aryl methyl sites for hydroxylation is 2. The Bertz CT molecular complexity index is 838. The molecule has 3 N–H and O–H groups in total. The molecule has 2 aliphatic rings. The maximum Gasteiger partial charge on any atom is 0.251 e. The lowest BCUT2D eigenvalue weighted by molar-refractivity contribution is -0.116. The number of hydrogen-bond donors (Lipinski definition) is 3. The van der Waals surface area contributed by atoms with E-state index in [4.69, 9.17) is 0 Å². The normalized spacial score (nSPS) is 19.2. The molecule has 2 aromatic rings. The molecular formula is C19H19N3O. The zero-order valence-electron chi connectivity index (χ0n) is 13.2. The van der Waals surface area contributed by atoms with Crippen LogP contribution in [-0.2, 0) is 4.79 Å². The molecule has 2 heterocycles. The molecule has 0 saturated carbocycles. The molecule has 23 heavy (non-hydrogen) atoms. The molecule has 1 unspecified atom stereocenters. The highest BCUT2D eigenvalue weighted by atomic mass is 16.2. The second kappa shape index (κ2) is 5.16. The van der Waals surface area contributed by atoms with Gasteiger partial charge in [0.25, 0.3) is 5.91 Å². The first kappa shape index (κ1) is 13.9. The van der Waals surface area contributed by atoms with E-state index >= 15 is 0 Å². The molecule has 2 aromatic carbocycles. The number of nitrogens with one attached hydrogen (secondary N) is 3. The fourth-order valence-electron chi connectivity index (χ4n) is 3.40. The van der Waals surface area contributed by atoms with Crippen LogP contribution in [0.1, 0.15) is 22.7 Å². The van der Waals surface area contributed by atoms with E-state index in [1.165, 1.54) is 11.1 Å². The minimum Gasteiger partial charge on any atom is -0.372 e. The molecule has 1 atom stereocenters. The summed E-state index contributed by atoms with van der Waals surface area (Å²) >= 11 is 0. The maximum absolute atomic E-state index is 12.4. The number of hydrogen-bond acceptors (Lipinski definition) is 3. The van der Waals surface area contributed by atoms with Crippen LogP contribution in [0, 0.1) is 13.8 Å². The highest BCUT2D eigenvalue weighted by Crippen LogP contribution is 2.38. The number of benzene rings is 2. The van der Waals surface area contributed by atoms with E-state index in [0.29, 0.717) is 6.54 Å². The van der Waals surface area contributed by atoms with E-state index < -0.39 is 0 Å². The van der Waals surface area contributed by atoms with Crippen LogP contribution >= 0.6 is 0 Å². The Kier molecular flexibility index (Phi) is 3.11. The number of fused-ring (bicyclic) bond motifs is 1. The van der Waals surface area contributed by atoms with Crippen molar-refractivity contribution in [2.45, 2.75) is 19.9 Å².